The zero-order valence-corrected chi connectivity index (χ0v) is 12.1. The summed E-state index contributed by atoms with van der Waals surface area (Å²) in [5, 5.41) is 0.913. The standard InChI is InChI=1S/C17H22O3/c1-2-3-4-5-6-7-12-19-15-10-8-14-9-11-17(18)20-16(14)13-15/h8-11,13H,2-7,12H2,1H3. The minimum Gasteiger partial charge on any atom is -0.493 e. The Morgan fingerprint density at radius 1 is 1.00 bits per heavy atom. The fraction of sp³-hybridized carbons (Fsp3) is 0.471. The van der Waals surface area contributed by atoms with Crippen LogP contribution in [0.4, 0.5) is 0 Å². The molecule has 0 fully saturated rings. The molecule has 0 aliphatic carbocycles. The van der Waals surface area contributed by atoms with Crippen molar-refractivity contribution in [2.24, 2.45) is 0 Å². The van der Waals surface area contributed by atoms with Crippen molar-refractivity contribution in [1.29, 1.82) is 0 Å². The predicted molar refractivity (Wildman–Crippen MR) is 81.4 cm³/mol. The SMILES string of the molecule is CCCCCCCCOc1ccc2ccc(=O)oc2c1. The number of fused-ring (bicyclic) bond motifs is 1. The molecule has 2 aromatic rings. The van der Waals surface area contributed by atoms with Crippen LogP contribution in [0.15, 0.2) is 39.5 Å². The Kier molecular flexibility index (Phi) is 5.66. The first-order valence-corrected chi connectivity index (χ1v) is 7.46. The summed E-state index contributed by atoms with van der Waals surface area (Å²) in [6.07, 6.45) is 7.48. The first kappa shape index (κ1) is 14.6. The average Bonchev–Trinajstić information content (AvgIpc) is 2.46. The smallest absolute Gasteiger partial charge is 0.336 e. The normalized spacial score (nSPS) is 10.8. The number of ether oxygens (including phenoxy) is 1. The van der Waals surface area contributed by atoms with E-state index in [1.807, 2.05) is 12.1 Å². The molecule has 3 nitrogen and oxygen atoms in total. The summed E-state index contributed by atoms with van der Waals surface area (Å²) in [7, 11) is 0. The van der Waals surface area contributed by atoms with Gasteiger partial charge < -0.3 is 9.15 Å². The second-order valence-electron chi connectivity index (χ2n) is 5.07. The molecule has 0 saturated carbocycles. The summed E-state index contributed by atoms with van der Waals surface area (Å²) >= 11 is 0. The summed E-state index contributed by atoms with van der Waals surface area (Å²) < 4.78 is 10.8. The van der Waals surface area contributed by atoms with Crippen LogP contribution in [0, 0.1) is 0 Å². The number of benzene rings is 1. The Hall–Kier alpha value is -1.77. The van der Waals surface area contributed by atoms with Gasteiger partial charge in [-0.2, -0.15) is 0 Å². The molecular weight excluding hydrogens is 252 g/mol. The average molecular weight is 274 g/mol. The number of hydrogen-bond acceptors (Lipinski definition) is 3. The quantitative estimate of drug-likeness (QED) is 0.524. The second-order valence-corrected chi connectivity index (χ2v) is 5.07. The minimum atomic E-state index is -0.328. The first-order chi connectivity index (χ1) is 9.79. The zero-order valence-electron chi connectivity index (χ0n) is 12.1. The van der Waals surface area contributed by atoms with Crippen molar-refractivity contribution in [3.63, 3.8) is 0 Å². The first-order valence-electron chi connectivity index (χ1n) is 7.46. The van der Waals surface area contributed by atoms with Gasteiger partial charge in [-0.05, 0) is 24.6 Å². The second kappa shape index (κ2) is 7.73. The fourth-order valence-electron chi connectivity index (χ4n) is 2.20. The van der Waals surface area contributed by atoms with E-state index in [1.54, 1.807) is 12.1 Å². The molecule has 0 bridgehead atoms. The van der Waals surface area contributed by atoms with Gasteiger partial charge in [0.1, 0.15) is 11.3 Å². The van der Waals surface area contributed by atoms with Crippen LogP contribution in [0.25, 0.3) is 11.0 Å². The van der Waals surface area contributed by atoms with Crippen molar-refractivity contribution >= 4 is 11.0 Å². The monoisotopic (exact) mass is 274 g/mol. The molecule has 0 amide bonds. The molecule has 20 heavy (non-hydrogen) atoms. The van der Waals surface area contributed by atoms with E-state index in [-0.39, 0.29) is 5.63 Å². The Bertz CT molecular complexity index is 586. The van der Waals surface area contributed by atoms with Crippen molar-refractivity contribution in [2.45, 2.75) is 45.4 Å². The van der Waals surface area contributed by atoms with Crippen LogP contribution in [0.3, 0.4) is 0 Å². The topological polar surface area (TPSA) is 39.4 Å². The number of unbranched alkanes of at least 4 members (excludes halogenated alkanes) is 5. The zero-order chi connectivity index (χ0) is 14.2. The van der Waals surface area contributed by atoms with Gasteiger partial charge in [-0.15, -0.1) is 0 Å². The highest BCUT2D eigenvalue weighted by Crippen LogP contribution is 2.19. The van der Waals surface area contributed by atoms with Gasteiger partial charge in [-0.25, -0.2) is 4.79 Å². The third-order valence-corrected chi connectivity index (χ3v) is 3.36. The predicted octanol–water partition coefficient (Wildman–Crippen LogP) is 4.53. The van der Waals surface area contributed by atoms with Crippen LogP contribution < -0.4 is 10.4 Å². The van der Waals surface area contributed by atoms with Gasteiger partial charge in [0, 0.05) is 17.5 Å². The van der Waals surface area contributed by atoms with Gasteiger partial charge in [-0.3, -0.25) is 0 Å². The molecule has 108 valence electrons. The maximum Gasteiger partial charge on any atom is 0.336 e. The van der Waals surface area contributed by atoms with Crippen molar-refractivity contribution in [3.8, 4) is 5.75 Å². The van der Waals surface area contributed by atoms with Crippen LogP contribution >= 0.6 is 0 Å². The lowest BCUT2D eigenvalue weighted by molar-refractivity contribution is 0.304. The van der Waals surface area contributed by atoms with Crippen LogP contribution in [-0.4, -0.2) is 6.61 Å². The number of rotatable bonds is 8. The number of hydrogen-bond donors (Lipinski definition) is 0. The van der Waals surface area contributed by atoms with Crippen LogP contribution in [0.1, 0.15) is 45.4 Å². The van der Waals surface area contributed by atoms with Gasteiger partial charge in [0.2, 0.25) is 0 Å². The van der Waals surface area contributed by atoms with E-state index in [0.717, 1.165) is 17.6 Å². The highest BCUT2D eigenvalue weighted by atomic mass is 16.5. The van der Waals surface area contributed by atoms with Crippen molar-refractivity contribution in [1.82, 2.24) is 0 Å². The Morgan fingerprint density at radius 2 is 1.75 bits per heavy atom. The lowest BCUT2D eigenvalue weighted by Gasteiger charge is -2.06. The van der Waals surface area contributed by atoms with E-state index >= 15 is 0 Å². The Balaban J connectivity index is 1.80. The molecule has 1 aromatic heterocycles. The lowest BCUT2D eigenvalue weighted by atomic mass is 10.1. The highest BCUT2D eigenvalue weighted by molar-refractivity contribution is 5.77. The lowest BCUT2D eigenvalue weighted by Crippen LogP contribution is -1.98. The van der Waals surface area contributed by atoms with Gasteiger partial charge in [0.25, 0.3) is 0 Å². The maximum absolute atomic E-state index is 11.2. The van der Waals surface area contributed by atoms with E-state index in [4.69, 9.17) is 9.15 Å². The Labute approximate surface area is 119 Å². The van der Waals surface area contributed by atoms with Crippen LogP contribution in [-0.2, 0) is 0 Å². The van der Waals surface area contributed by atoms with Crippen molar-refractivity contribution < 1.29 is 9.15 Å². The van der Waals surface area contributed by atoms with E-state index in [9.17, 15) is 4.79 Å². The minimum absolute atomic E-state index is 0.328. The van der Waals surface area contributed by atoms with Crippen LogP contribution in [0.5, 0.6) is 5.75 Å². The molecule has 0 aliphatic rings. The summed E-state index contributed by atoms with van der Waals surface area (Å²) in [6.45, 7) is 2.94. The van der Waals surface area contributed by atoms with Gasteiger partial charge in [0.15, 0.2) is 0 Å². The molecule has 2 rings (SSSR count). The summed E-state index contributed by atoms with van der Waals surface area (Å²) in [4.78, 5) is 11.2. The third-order valence-electron chi connectivity index (χ3n) is 3.36. The molecule has 0 aliphatic heterocycles. The van der Waals surface area contributed by atoms with E-state index in [1.165, 1.54) is 38.2 Å². The molecular formula is C17H22O3. The molecule has 1 heterocycles. The summed E-state index contributed by atoms with van der Waals surface area (Å²) in [6, 6.07) is 8.81. The van der Waals surface area contributed by atoms with Crippen molar-refractivity contribution in [3.05, 3.63) is 40.8 Å². The fourth-order valence-corrected chi connectivity index (χ4v) is 2.20. The molecule has 0 N–H and O–H groups in total. The summed E-state index contributed by atoms with van der Waals surface area (Å²) in [5.74, 6) is 0.764. The molecule has 0 radical (unpaired) electrons. The molecule has 3 heteroatoms. The Morgan fingerprint density at radius 3 is 2.60 bits per heavy atom. The van der Waals surface area contributed by atoms with Crippen molar-refractivity contribution in [2.75, 3.05) is 6.61 Å². The summed E-state index contributed by atoms with van der Waals surface area (Å²) in [5.41, 5.74) is 0.253. The molecule has 0 saturated heterocycles. The largest absolute Gasteiger partial charge is 0.493 e. The molecule has 1 aromatic carbocycles. The van der Waals surface area contributed by atoms with Gasteiger partial charge in [-0.1, -0.05) is 39.0 Å². The highest BCUT2D eigenvalue weighted by Gasteiger charge is 2.00. The third kappa shape index (κ3) is 4.41. The maximum atomic E-state index is 11.2. The molecule has 0 spiro atoms. The molecule has 0 atom stereocenters. The van der Waals surface area contributed by atoms with Gasteiger partial charge in [0.05, 0.1) is 6.61 Å². The van der Waals surface area contributed by atoms with Crippen LogP contribution in [0.2, 0.25) is 0 Å². The van der Waals surface area contributed by atoms with E-state index < -0.39 is 0 Å². The van der Waals surface area contributed by atoms with E-state index in [0.29, 0.717) is 12.2 Å². The molecule has 0 unspecified atom stereocenters. The van der Waals surface area contributed by atoms with E-state index in [2.05, 4.69) is 6.92 Å². The van der Waals surface area contributed by atoms with Gasteiger partial charge >= 0.3 is 5.63 Å².